The van der Waals surface area contributed by atoms with E-state index in [-0.39, 0.29) is 38.1 Å². The molecule has 18 nitrogen and oxygen atoms in total. The fourth-order valence-corrected chi connectivity index (χ4v) is 10.9. The fraction of sp³-hybridized carbons (Fsp3) is 0.650. The fourth-order valence-electron chi connectivity index (χ4n) is 10.9. The van der Waals surface area contributed by atoms with Crippen LogP contribution in [0.3, 0.4) is 0 Å². The minimum Gasteiger partial charge on any atom is -0.450 e. The van der Waals surface area contributed by atoms with Crippen molar-refractivity contribution in [2.45, 2.75) is 182 Å². The number of hydrogen-bond donors (Lipinski definition) is 3. The molecule has 2 aliphatic rings. The number of rotatable bonds is 13. The molecule has 2 heterocycles. The van der Waals surface area contributed by atoms with E-state index in [4.69, 9.17) is 4.74 Å². The Morgan fingerprint density at radius 3 is 1.46 bits per heavy atom. The third-order valence-electron chi connectivity index (χ3n) is 15.8. The Labute approximate surface area is 464 Å². The lowest BCUT2D eigenvalue weighted by atomic mass is 9.94. The van der Waals surface area contributed by atoms with Crippen LogP contribution in [0.1, 0.15) is 126 Å². The van der Waals surface area contributed by atoms with Crippen LogP contribution in [0.15, 0.2) is 60.7 Å². The van der Waals surface area contributed by atoms with Gasteiger partial charge in [0.1, 0.15) is 48.3 Å². The monoisotopic (exact) mass is 1080 g/mol. The number of fused-ring (bicyclic) bond motifs is 1. The number of benzene rings is 2. The van der Waals surface area contributed by atoms with Crippen LogP contribution >= 0.6 is 0 Å². The molecule has 0 spiro atoms. The number of nitrogens with one attached hydrogen (secondary N) is 3. The van der Waals surface area contributed by atoms with Gasteiger partial charge in [-0.25, -0.2) is 4.79 Å². The van der Waals surface area contributed by atoms with Gasteiger partial charge >= 0.3 is 5.97 Å². The topological polar surface area (TPSA) is 215 Å². The maximum absolute atomic E-state index is 15.3. The van der Waals surface area contributed by atoms with Crippen LogP contribution in [0.25, 0.3) is 0 Å². The van der Waals surface area contributed by atoms with Gasteiger partial charge in [0.25, 0.3) is 5.91 Å². The van der Waals surface area contributed by atoms with E-state index >= 15 is 9.59 Å². The number of esters is 1. The van der Waals surface area contributed by atoms with E-state index < -0.39 is 137 Å². The van der Waals surface area contributed by atoms with Gasteiger partial charge in [-0.15, -0.1) is 0 Å². The number of hydrogen-bond acceptors (Lipinski definition) is 10. The van der Waals surface area contributed by atoms with Crippen molar-refractivity contribution in [2.24, 2.45) is 35.5 Å². The Bertz CT molecular complexity index is 2380. The molecule has 432 valence electrons. The highest BCUT2D eigenvalue weighted by atomic mass is 16.6. The number of nitrogens with zero attached hydrogens (tertiary/aromatic N) is 5. The molecule has 18 heteroatoms. The molecule has 2 unspecified atom stereocenters. The molecule has 2 aromatic carbocycles. The summed E-state index contributed by atoms with van der Waals surface area (Å²) in [5.41, 5.74) is 1.46. The third kappa shape index (κ3) is 15.9. The second-order valence-corrected chi connectivity index (χ2v) is 23.3. The van der Waals surface area contributed by atoms with E-state index in [1.807, 2.05) is 95.3 Å². The van der Waals surface area contributed by atoms with Crippen LogP contribution in [0, 0.1) is 35.5 Å². The van der Waals surface area contributed by atoms with E-state index in [0.717, 1.165) is 5.56 Å². The zero-order chi connectivity index (χ0) is 58.5. The van der Waals surface area contributed by atoms with Gasteiger partial charge in [-0.05, 0) is 66.4 Å². The Morgan fingerprint density at radius 1 is 0.513 bits per heavy atom. The van der Waals surface area contributed by atoms with Crippen molar-refractivity contribution in [1.29, 1.82) is 0 Å². The number of ether oxygens (including phenoxy) is 1. The van der Waals surface area contributed by atoms with Crippen LogP contribution in [-0.4, -0.2) is 167 Å². The van der Waals surface area contributed by atoms with Gasteiger partial charge in [0.15, 0.2) is 6.10 Å². The summed E-state index contributed by atoms with van der Waals surface area (Å²) in [6, 6.07) is 9.08. The third-order valence-corrected chi connectivity index (χ3v) is 15.8. The van der Waals surface area contributed by atoms with E-state index in [0.29, 0.717) is 24.8 Å². The molecule has 2 aliphatic heterocycles. The highest BCUT2D eigenvalue weighted by Crippen LogP contribution is 2.27. The molecule has 78 heavy (non-hydrogen) atoms. The van der Waals surface area contributed by atoms with Gasteiger partial charge in [0, 0.05) is 53.5 Å². The summed E-state index contributed by atoms with van der Waals surface area (Å²) in [7, 11) is 5.92. The summed E-state index contributed by atoms with van der Waals surface area (Å²) in [5, 5.41) is 8.90. The lowest BCUT2D eigenvalue weighted by Gasteiger charge is -2.38. The largest absolute Gasteiger partial charge is 0.450 e. The van der Waals surface area contributed by atoms with Crippen LogP contribution in [0.2, 0.25) is 0 Å². The Hall–Kier alpha value is -6.33. The van der Waals surface area contributed by atoms with Crippen LogP contribution in [0.4, 0.5) is 0 Å². The smallest absolute Gasteiger partial charge is 0.329 e. The van der Waals surface area contributed by atoms with Gasteiger partial charge in [-0.2, -0.15) is 0 Å². The second kappa shape index (κ2) is 29.0. The first-order valence-corrected chi connectivity index (χ1v) is 28.2. The summed E-state index contributed by atoms with van der Waals surface area (Å²) < 4.78 is 6.19. The number of cyclic esters (lactones) is 1. The van der Waals surface area contributed by atoms with Crippen molar-refractivity contribution in [2.75, 3.05) is 34.7 Å². The second-order valence-electron chi connectivity index (χ2n) is 23.3. The van der Waals surface area contributed by atoms with Gasteiger partial charge < -0.3 is 45.2 Å². The zero-order valence-electron chi connectivity index (χ0n) is 49.4. The highest BCUT2D eigenvalue weighted by Gasteiger charge is 2.46. The quantitative estimate of drug-likeness (QED) is 0.222. The number of carbonyl (C=O) groups is 9. The maximum atomic E-state index is 15.3. The molecule has 0 saturated carbocycles. The molecule has 2 saturated heterocycles. The average Bonchev–Trinajstić information content (AvgIpc) is 3.92. The Morgan fingerprint density at radius 2 is 0.974 bits per heavy atom. The van der Waals surface area contributed by atoms with E-state index in [2.05, 4.69) is 16.0 Å². The van der Waals surface area contributed by atoms with Crippen molar-refractivity contribution < 1.29 is 47.9 Å². The molecule has 11 atom stereocenters. The van der Waals surface area contributed by atoms with Gasteiger partial charge in [0.2, 0.25) is 41.4 Å². The molecule has 4 rings (SSSR count). The summed E-state index contributed by atoms with van der Waals surface area (Å²) in [6.07, 6.45) is 0.484. The molecule has 0 radical (unpaired) electrons. The van der Waals surface area contributed by atoms with Crippen LogP contribution in [0.5, 0.6) is 0 Å². The predicted molar refractivity (Wildman–Crippen MR) is 300 cm³/mol. The number of carbonyl (C=O) groups excluding carboxylic acids is 9. The molecular weight excluding hydrogens is 993 g/mol. The van der Waals surface area contributed by atoms with Crippen molar-refractivity contribution in [3.63, 3.8) is 0 Å². The normalized spacial score (nSPS) is 26.5. The molecule has 0 bridgehead atoms. The molecule has 0 aliphatic carbocycles. The lowest BCUT2D eigenvalue weighted by molar-refractivity contribution is -0.172. The van der Waals surface area contributed by atoms with Crippen molar-refractivity contribution in [1.82, 2.24) is 40.4 Å². The van der Waals surface area contributed by atoms with Crippen molar-refractivity contribution in [3.8, 4) is 0 Å². The van der Waals surface area contributed by atoms with Crippen molar-refractivity contribution in [3.05, 3.63) is 71.8 Å². The molecule has 0 aromatic heterocycles. The first-order chi connectivity index (χ1) is 36.7. The molecular formula is C60H92N8O10. The van der Waals surface area contributed by atoms with Crippen LogP contribution in [-0.2, 0) is 60.7 Å². The van der Waals surface area contributed by atoms with Gasteiger partial charge in [-0.3, -0.25) is 38.4 Å². The van der Waals surface area contributed by atoms with Gasteiger partial charge in [-0.1, -0.05) is 150 Å². The summed E-state index contributed by atoms with van der Waals surface area (Å²) in [4.78, 5) is 141. The number of amides is 8. The Kier molecular flexibility index (Phi) is 23.9. The SMILES string of the molecule is CCC(C)C1OC(=O)[C@H](C(C)C)N(C)C(=O)[C@H](CC(C)C)NC(=O)[C@H](C(C)C)N(C)C(=O)[C@H]([C@H](C)CC)NC(=O)[C@@H]2CCCN2C(=O)[C@H](Cc2ccccc2)N(C)C(=O)[C@H](Cc2ccccc2)NC(=O)[C@H](C(C)C)N(C)C1=O. The minimum atomic E-state index is -1.40. The summed E-state index contributed by atoms with van der Waals surface area (Å²) in [6.45, 7) is 21.9. The average molecular weight is 1090 g/mol. The molecule has 2 fully saturated rings. The molecule has 3 N–H and O–H groups in total. The van der Waals surface area contributed by atoms with Gasteiger partial charge in [0.05, 0.1) is 0 Å². The first-order valence-electron chi connectivity index (χ1n) is 28.2. The Balaban J connectivity index is 1.96. The maximum Gasteiger partial charge on any atom is 0.329 e. The van der Waals surface area contributed by atoms with E-state index in [1.165, 1.54) is 52.7 Å². The first kappa shape index (κ1) is 64.2. The van der Waals surface area contributed by atoms with E-state index in [9.17, 15) is 33.6 Å². The molecule has 8 amide bonds. The number of likely N-dealkylation sites (N-methyl/N-ethyl adjacent to an activating group) is 4. The predicted octanol–water partition coefficient (Wildman–Crippen LogP) is 5.26. The summed E-state index contributed by atoms with van der Waals surface area (Å²) >= 11 is 0. The zero-order valence-corrected chi connectivity index (χ0v) is 49.4. The summed E-state index contributed by atoms with van der Waals surface area (Å²) in [5.74, 6) is -8.18. The standard InChI is InChI=1S/C60H92N8O10/c1-17-39(11)47-58(75)65(14)48(36(5)6)53(70)61-43(32-35(3)4)56(73)67(16)50(38(9)10)60(77)78-51(40(12)18-2)59(76)66(15)49(37(7)8)54(71)62-44(33-41-26-21-19-22-27-41)55(72)64(13)46(34-42-28-23-20-24-29-42)57(74)68-31-25-30-45(68)52(69)63-47/h19-24,26-29,35-40,43-51H,17-18,25,30-34H2,1-16H3,(H,61,70)(H,62,71)(H,63,69)/t39-,40?,43+,44+,45+,46+,47+,48+,49+,50+,51?/m1/s1. The highest BCUT2D eigenvalue weighted by molar-refractivity contribution is 5.99. The van der Waals surface area contributed by atoms with Crippen LogP contribution < -0.4 is 16.0 Å². The minimum absolute atomic E-state index is 0.0193. The van der Waals surface area contributed by atoms with Crippen molar-refractivity contribution >= 4 is 53.2 Å². The molecule has 2 aromatic rings. The lowest BCUT2D eigenvalue weighted by Crippen LogP contribution is -2.62. The van der Waals surface area contributed by atoms with E-state index in [1.54, 1.807) is 48.5 Å².